The first-order valence-electron chi connectivity index (χ1n) is 10.0. The van der Waals surface area contributed by atoms with Crippen molar-refractivity contribution in [3.05, 3.63) is 110 Å². The molecule has 0 bridgehead atoms. The highest BCUT2D eigenvalue weighted by molar-refractivity contribution is 6.15. The van der Waals surface area contributed by atoms with E-state index >= 15 is 0 Å². The summed E-state index contributed by atoms with van der Waals surface area (Å²) < 4.78 is 14.3. The van der Waals surface area contributed by atoms with E-state index in [1.165, 1.54) is 0 Å². The van der Waals surface area contributed by atoms with Crippen LogP contribution >= 0.6 is 0 Å². The van der Waals surface area contributed by atoms with Crippen molar-refractivity contribution in [2.24, 2.45) is 0 Å². The van der Waals surface area contributed by atoms with E-state index in [9.17, 15) is 14.4 Å². The van der Waals surface area contributed by atoms with E-state index in [0.717, 1.165) is 34.4 Å². The second-order valence-electron chi connectivity index (χ2n) is 6.64. The van der Waals surface area contributed by atoms with E-state index in [2.05, 4.69) is 35.8 Å². The molecular weight excluding hydrogens is 420 g/mol. The summed E-state index contributed by atoms with van der Waals surface area (Å²) >= 11 is 0. The molecule has 6 nitrogen and oxygen atoms in total. The number of carbonyl (C=O) groups is 3. The molecule has 2 aromatic carbocycles. The van der Waals surface area contributed by atoms with Gasteiger partial charge in [-0.2, -0.15) is 0 Å². The summed E-state index contributed by atoms with van der Waals surface area (Å²) in [6, 6.07) is 17.1. The van der Waals surface area contributed by atoms with Crippen molar-refractivity contribution in [1.29, 1.82) is 0 Å². The Labute approximate surface area is 194 Å². The molecule has 0 amide bonds. The van der Waals surface area contributed by atoms with Gasteiger partial charge in [-0.25, -0.2) is 14.4 Å². The van der Waals surface area contributed by atoms with Crippen LogP contribution in [0.5, 0.6) is 0 Å². The Morgan fingerprint density at radius 3 is 1.70 bits per heavy atom. The SMILES string of the molecule is C=C(C)c1ccc(C(=C)C(=O)OCc2ccccc2)cc1.C=CC(=O)OCCOC(=O)C=C. The maximum Gasteiger partial charge on any atom is 0.338 e. The summed E-state index contributed by atoms with van der Waals surface area (Å²) in [5.41, 5.74) is 4.11. The highest BCUT2D eigenvalue weighted by atomic mass is 16.6. The van der Waals surface area contributed by atoms with Crippen molar-refractivity contribution in [3.63, 3.8) is 0 Å². The fraction of sp³-hybridized carbons (Fsp3) is 0.148. The van der Waals surface area contributed by atoms with Gasteiger partial charge in [-0.3, -0.25) is 0 Å². The molecule has 33 heavy (non-hydrogen) atoms. The van der Waals surface area contributed by atoms with Crippen LogP contribution in [0.2, 0.25) is 0 Å². The summed E-state index contributed by atoms with van der Waals surface area (Å²) in [4.78, 5) is 32.8. The fourth-order valence-corrected chi connectivity index (χ4v) is 2.29. The van der Waals surface area contributed by atoms with Crippen LogP contribution in [0.3, 0.4) is 0 Å². The second kappa shape index (κ2) is 14.8. The number of esters is 3. The third-order valence-electron chi connectivity index (χ3n) is 4.09. The van der Waals surface area contributed by atoms with Crippen LogP contribution in [-0.4, -0.2) is 31.1 Å². The van der Waals surface area contributed by atoms with Gasteiger partial charge in [0.2, 0.25) is 0 Å². The summed E-state index contributed by atoms with van der Waals surface area (Å²) in [5, 5.41) is 0. The van der Waals surface area contributed by atoms with Crippen molar-refractivity contribution in [1.82, 2.24) is 0 Å². The molecule has 0 spiro atoms. The minimum atomic E-state index is -0.537. The summed E-state index contributed by atoms with van der Waals surface area (Å²) in [5.74, 6) is -1.48. The minimum absolute atomic E-state index is 0.0322. The smallest absolute Gasteiger partial charge is 0.338 e. The molecule has 0 saturated heterocycles. The molecule has 0 saturated carbocycles. The lowest BCUT2D eigenvalue weighted by atomic mass is 10.0. The molecule has 0 unspecified atom stereocenters. The van der Waals surface area contributed by atoms with Crippen molar-refractivity contribution >= 4 is 29.1 Å². The number of rotatable bonds is 10. The monoisotopic (exact) mass is 448 g/mol. The summed E-state index contributed by atoms with van der Waals surface area (Å²) in [6.45, 7) is 16.3. The molecule has 6 heteroatoms. The van der Waals surface area contributed by atoms with Gasteiger partial charge in [0.05, 0.1) is 5.57 Å². The lowest BCUT2D eigenvalue weighted by Crippen LogP contribution is -2.10. The van der Waals surface area contributed by atoms with Crippen molar-refractivity contribution < 1.29 is 28.6 Å². The molecule has 0 aliphatic carbocycles. The molecule has 2 rings (SSSR count). The fourth-order valence-electron chi connectivity index (χ4n) is 2.29. The van der Waals surface area contributed by atoms with Gasteiger partial charge in [-0.15, -0.1) is 0 Å². The number of ether oxygens (including phenoxy) is 3. The Hall–Kier alpha value is -4.19. The van der Waals surface area contributed by atoms with Gasteiger partial charge in [-0.05, 0) is 23.6 Å². The number of hydrogen-bond donors (Lipinski definition) is 0. The van der Waals surface area contributed by atoms with Gasteiger partial charge in [0.1, 0.15) is 19.8 Å². The second-order valence-corrected chi connectivity index (χ2v) is 6.64. The average molecular weight is 449 g/mol. The average Bonchev–Trinajstić information content (AvgIpc) is 2.85. The van der Waals surface area contributed by atoms with E-state index in [0.29, 0.717) is 5.57 Å². The summed E-state index contributed by atoms with van der Waals surface area (Å²) in [7, 11) is 0. The van der Waals surface area contributed by atoms with Crippen LogP contribution in [0, 0.1) is 0 Å². The number of allylic oxidation sites excluding steroid dienone is 1. The third-order valence-corrected chi connectivity index (χ3v) is 4.09. The Bertz CT molecular complexity index is 965. The molecule has 0 heterocycles. The zero-order valence-corrected chi connectivity index (χ0v) is 18.8. The Morgan fingerprint density at radius 2 is 1.24 bits per heavy atom. The van der Waals surface area contributed by atoms with Gasteiger partial charge in [0.25, 0.3) is 0 Å². The largest absolute Gasteiger partial charge is 0.459 e. The zero-order valence-electron chi connectivity index (χ0n) is 18.8. The van der Waals surface area contributed by atoms with Crippen LogP contribution in [-0.2, 0) is 35.2 Å². The van der Waals surface area contributed by atoms with Crippen LogP contribution in [0.4, 0.5) is 0 Å². The Balaban J connectivity index is 0.000000389. The third kappa shape index (κ3) is 10.6. The molecule has 172 valence electrons. The molecule has 0 aliphatic heterocycles. The molecule has 2 aromatic rings. The van der Waals surface area contributed by atoms with Gasteiger partial charge >= 0.3 is 17.9 Å². The first kappa shape index (κ1) is 26.8. The van der Waals surface area contributed by atoms with Gasteiger partial charge in [0, 0.05) is 12.2 Å². The van der Waals surface area contributed by atoms with E-state index in [4.69, 9.17) is 4.74 Å². The number of hydrogen-bond acceptors (Lipinski definition) is 6. The quantitative estimate of drug-likeness (QED) is 0.222. The molecule has 0 aliphatic rings. The predicted molar refractivity (Wildman–Crippen MR) is 129 cm³/mol. The zero-order chi connectivity index (χ0) is 24.6. The highest BCUT2D eigenvalue weighted by Gasteiger charge is 2.11. The Morgan fingerprint density at radius 1 is 0.758 bits per heavy atom. The van der Waals surface area contributed by atoms with E-state index in [-0.39, 0.29) is 19.8 Å². The normalized spacial score (nSPS) is 9.36. The van der Waals surface area contributed by atoms with Gasteiger partial charge in [0.15, 0.2) is 0 Å². The number of carbonyl (C=O) groups excluding carboxylic acids is 3. The minimum Gasteiger partial charge on any atom is -0.459 e. The Kier molecular flexibility index (Phi) is 12.0. The van der Waals surface area contributed by atoms with Crippen LogP contribution in [0.25, 0.3) is 11.1 Å². The first-order chi connectivity index (χ1) is 15.8. The lowest BCUT2D eigenvalue weighted by molar-refractivity contribution is -0.146. The lowest BCUT2D eigenvalue weighted by Gasteiger charge is -2.08. The number of benzene rings is 2. The topological polar surface area (TPSA) is 78.9 Å². The maximum atomic E-state index is 12.0. The van der Waals surface area contributed by atoms with Crippen molar-refractivity contribution in [2.45, 2.75) is 13.5 Å². The van der Waals surface area contributed by atoms with Crippen molar-refractivity contribution in [3.8, 4) is 0 Å². The van der Waals surface area contributed by atoms with Crippen LogP contribution < -0.4 is 0 Å². The maximum absolute atomic E-state index is 12.0. The molecular formula is C27H28O6. The van der Waals surface area contributed by atoms with Crippen LogP contribution in [0.15, 0.2) is 93.1 Å². The molecule has 0 N–H and O–H groups in total. The molecule has 0 radical (unpaired) electrons. The van der Waals surface area contributed by atoms with Gasteiger partial charge < -0.3 is 14.2 Å². The van der Waals surface area contributed by atoms with Gasteiger partial charge in [-0.1, -0.05) is 86.5 Å². The van der Waals surface area contributed by atoms with E-state index in [1.54, 1.807) is 0 Å². The molecule has 0 aromatic heterocycles. The van der Waals surface area contributed by atoms with Crippen LogP contribution in [0.1, 0.15) is 23.6 Å². The van der Waals surface area contributed by atoms with E-state index in [1.807, 2.05) is 61.5 Å². The van der Waals surface area contributed by atoms with E-state index < -0.39 is 17.9 Å². The highest BCUT2D eigenvalue weighted by Crippen LogP contribution is 2.18. The molecule has 0 atom stereocenters. The predicted octanol–water partition coefficient (Wildman–Crippen LogP) is 4.92. The summed E-state index contributed by atoms with van der Waals surface area (Å²) in [6.07, 6.45) is 2.07. The first-order valence-corrected chi connectivity index (χ1v) is 10.0. The van der Waals surface area contributed by atoms with Crippen molar-refractivity contribution in [2.75, 3.05) is 13.2 Å². The molecule has 0 fully saturated rings. The standard InChI is InChI=1S/C19H18O2.C8H10O4/c1-14(2)17-9-11-18(12-10-17)15(3)19(20)21-13-16-7-5-4-6-8-16;1-3-7(9)11-5-6-12-8(10)4-2/h4-12H,1,3,13H2,2H3;3-4H,1-2,5-6H2.